The molecule has 1 aliphatic heterocycles. The number of aryl methyl sites for hydroxylation is 2. The van der Waals surface area contributed by atoms with Gasteiger partial charge < -0.3 is 14.7 Å². The Kier molecular flexibility index (Phi) is 5.65. The summed E-state index contributed by atoms with van der Waals surface area (Å²) in [5, 5.41) is 9.74. The molecule has 0 saturated carbocycles. The zero-order chi connectivity index (χ0) is 22.2. The molecule has 1 N–H and O–H groups in total. The number of halogens is 3. The summed E-state index contributed by atoms with van der Waals surface area (Å²) in [5.41, 5.74) is 2.07. The van der Waals surface area contributed by atoms with E-state index in [0.29, 0.717) is 17.8 Å². The van der Waals surface area contributed by atoms with Crippen LogP contribution in [0.4, 0.5) is 29.3 Å². The smallest absolute Gasteiger partial charge is 0.465 e. The molecule has 1 heterocycles. The summed E-state index contributed by atoms with van der Waals surface area (Å²) in [5.74, 6) is -1.29. The topological polar surface area (TPSA) is 70.1 Å². The van der Waals surface area contributed by atoms with E-state index in [1.165, 1.54) is 28.0 Å². The predicted octanol–water partition coefficient (Wildman–Crippen LogP) is 5.13. The molecule has 2 amide bonds. The highest BCUT2D eigenvalue weighted by Gasteiger charge is 2.39. The normalized spacial score (nSPS) is 16.3. The Morgan fingerprint density at radius 2 is 1.73 bits per heavy atom. The number of ether oxygens (including phenoxy) is 1. The van der Waals surface area contributed by atoms with Crippen LogP contribution in [0.1, 0.15) is 34.8 Å². The van der Waals surface area contributed by atoms with Crippen molar-refractivity contribution in [1.82, 2.24) is 0 Å². The number of benzene rings is 2. The van der Waals surface area contributed by atoms with Crippen LogP contribution in [0.5, 0.6) is 5.75 Å². The second kappa shape index (κ2) is 7.89. The van der Waals surface area contributed by atoms with Crippen LogP contribution in [0.2, 0.25) is 0 Å². The third-order valence-electron chi connectivity index (χ3n) is 5.17. The largest absolute Gasteiger partial charge is 0.573 e. The Balaban J connectivity index is 2.13. The van der Waals surface area contributed by atoms with Crippen LogP contribution in [0.25, 0.3) is 0 Å². The molecule has 1 unspecified atom stereocenters. The molecule has 0 aromatic heterocycles. The van der Waals surface area contributed by atoms with Crippen LogP contribution in [0.15, 0.2) is 36.4 Å². The molecule has 160 valence electrons. The molecule has 9 heteroatoms. The van der Waals surface area contributed by atoms with E-state index in [-0.39, 0.29) is 12.1 Å². The van der Waals surface area contributed by atoms with E-state index in [2.05, 4.69) is 4.74 Å². The van der Waals surface area contributed by atoms with E-state index in [0.717, 1.165) is 17.2 Å². The lowest BCUT2D eigenvalue weighted by Gasteiger charge is -2.41. The number of nitrogens with zero attached hydrogens (tertiary/aromatic N) is 2. The average molecular weight is 422 g/mol. The lowest BCUT2D eigenvalue weighted by atomic mass is 9.99. The van der Waals surface area contributed by atoms with Gasteiger partial charge in [-0.05, 0) is 55.7 Å². The average Bonchev–Trinajstić information content (AvgIpc) is 2.66. The first kappa shape index (κ1) is 21.5. The van der Waals surface area contributed by atoms with Crippen molar-refractivity contribution in [3.63, 3.8) is 0 Å². The molecule has 6 nitrogen and oxygen atoms in total. The zero-order valence-corrected chi connectivity index (χ0v) is 16.7. The summed E-state index contributed by atoms with van der Waals surface area (Å²) in [6.45, 7) is 5.44. The quantitative estimate of drug-likeness (QED) is 0.745. The van der Waals surface area contributed by atoms with Gasteiger partial charge in [0.15, 0.2) is 0 Å². The van der Waals surface area contributed by atoms with Crippen molar-refractivity contribution < 1.29 is 32.6 Å². The van der Waals surface area contributed by atoms with Gasteiger partial charge in [-0.25, -0.2) is 4.79 Å². The fourth-order valence-corrected chi connectivity index (χ4v) is 3.55. The second-order valence-electron chi connectivity index (χ2n) is 7.10. The Morgan fingerprint density at radius 3 is 2.30 bits per heavy atom. The van der Waals surface area contributed by atoms with Gasteiger partial charge in [0, 0.05) is 6.54 Å². The molecule has 1 aliphatic rings. The van der Waals surface area contributed by atoms with Crippen LogP contribution < -0.4 is 14.5 Å². The third-order valence-corrected chi connectivity index (χ3v) is 5.17. The summed E-state index contributed by atoms with van der Waals surface area (Å²) in [7, 11) is 0. The molecule has 0 radical (unpaired) electrons. The van der Waals surface area contributed by atoms with E-state index in [9.17, 15) is 27.9 Å². The fourth-order valence-electron chi connectivity index (χ4n) is 3.55. The van der Waals surface area contributed by atoms with Gasteiger partial charge in [-0.2, -0.15) is 0 Å². The first-order chi connectivity index (χ1) is 14.0. The van der Waals surface area contributed by atoms with Gasteiger partial charge in [-0.3, -0.25) is 9.69 Å². The Bertz CT molecular complexity index is 991. The van der Waals surface area contributed by atoms with Crippen LogP contribution in [0.3, 0.4) is 0 Å². The number of anilines is 2. The van der Waals surface area contributed by atoms with Gasteiger partial charge in [0.2, 0.25) is 0 Å². The number of alkyl halides is 3. The van der Waals surface area contributed by atoms with E-state index in [4.69, 9.17) is 0 Å². The van der Waals surface area contributed by atoms with Gasteiger partial charge in [-0.1, -0.05) is 19.1 Å². The molecule has 0 bridgehead atoms. The summed E-state index contributed by atoms with van der Waals surface area (Å²) in [6.07, 6.45) is -5.68. The number of carboxylic acid groups (broad SMARTS) is 1. The van der Waals surface area contributed by atoms with Crippen molar-refractivity contribution in [3.8, 4) is 5.75 Å². The Morgan fingerprint density at radius 1 is 1.13 bits per heavy atom. The molecule has 30 heavy (non-hydrogen) atoms. The van der Waals surface area contributed by atoms with Crippen molar-refractivity contribution in [3.05, 3.63) is 53.1 Å². The molecular weight excluding hydrogens is 401 g/mol. The second-order valence-corrected chi connectivity index (χ2v) is 7.10. The highest BCUT2D eigenvalue weighted by molar-refractivity contribution is 6.11. The predicted molar refractivity (Wildman–Crippen MR) is 105 cm³/mol. The first-order valence-corrected chi connectivity index (χ1v) is 9.33. The maximum absolute atomic E-state index is 13.3. The van der Waals surface area contributed by atoms with Crippen molar-refractivity contribution >= 4 is 23.4 Å². The highest BCUT2D eigenvalue weighted by atomic mass is 19.4. The van der Waals surface area contributed by atoms with E-state index >= 15 is 0 Å². The standard InChI is InChI=1S/C21H21F3N2O4/c1-4-14-11-25(16-9-12(2)13(3)10-17(16)26(14)20(28)29)19(27)15-7-5-6-8-18(15)30-21(22,23)24/h5-10,14H,4,11H2,1-3H3,(H,28,29). The van der Waals surface area contributed by atoms with Gasteiger partial charge in [0.05, 0.1) is 23.0 Å². The molecule has 0 spiro atoms. The number of carbonyl (C=O) groups is 2. The number of fused-ring (bicyclic) bond motifs is 1. The summed E-state index contributed by atoms with van der Waals surface area (Å²) < 4.78 is 42.4. The minimum atomic E-state index is -4.95. The number of carbonyl (C=O) groups excluding carboxylic acids is 1. The number of hydrogen-bond donors (Lipinski definition) is 1. The Labute approximate surface area is 171 Å². The van der Waals surface area contributed by atoms with Gasteiger partial charge in [0.25, 0.3) is 5.91 Å². The maximum atomic E-state index is 13.3. The molecule has 1 atom stereocenters. The SMILES string of the molecule is CCC1CN(C(=O)c2ccccc2OC(F)(F)F)c2cc(C)c(C)cc2N1C(=O)O. The van der Waals surface area contributed by atoms with Gasteiger partial charge >= 0.3 is 12.5 Å². The summed E-state index contributed by atoms with van der Waals surface area (Å²) >= 11 is 0. The lowest BCUT2D eigenvalue weighted by molar-refractivity contribution is -0.274. The minimum absolute atomic E-state index is 0.0114. The van der Waals surface area contributed by atoms with Crippen LogP contribution in [-0.4, -0.2) is 36.1 Å². The molecule has 3 rings (SSSR count). The lowest BCUT2D eigenvalue weighted by Crippen LogP contribution is -2.52. The fraction of sp³-hybridized carbons (Fsp3) is 0.333. The molecule has 0 saturated heterocycles. The van der Waals surface area contributed by atoms with Gasteiger partial charge in [-0.15, -0.1) is 13.2 Å². The molecule has 0 aliphatic carbocycles. The molecule has 2 aromatic rings. The maximum Gasteiger partial charge on any atom is 0.573 e. The van der Waals surface area contributed by atoms with Crippen LogP contribution in [-0.2, 0) is 0 Å². The van der Waals surface area contributed by atoms with E-state index in [1.54, 1.807) is 19.1 Å². The third kappa shape index (κ3) is 4.05. The van der Waals surface area contributed by atoms with Gasteiger partial charge in [0.1, 0.15) is 5.75 Å². The summed E-state index contributed by atoms with van der Waals surface area (Å²) in [4.78, 5) is 27.8. The van der Waals surface area contributed by atoms with Crippen molar-refractivity contribution in [2.24, 2.45) is 0 Å². The summed E-state index contributed by atoms with van der Waals surface area (Å²) in [6, 6.07) is 7.94. The molecule has 2 aromatic carbocycles. The zero-order valence-electron chi connectivity index (χ0n) is 16.7. The van der Waals surface area contributed by atoms with E-state index < -0.39 is 30.2 Å². The number of rotatable bonds is 3. The van der Waals surface area contributed by atoms with Crippen molar-refractivity contribution in [2.75, 3.05) is 16.3 Å². The first-order valence-electron chi connectivity index (χ1n) is 9.33. The number of amides is 2. The number of hydrogen-bond acceptors (Lipinski definition) is 3. The highest BCUT2D eigenvalue weighted by Crippen LogP contribution is 2.40. The van der Waals surface area contributed by atoms with Crippen LogP contribution in [0, 0.1) is 13.8 Å². The molecule has 0 fully saturated rings. The van der Waals surface area contributed by atoms with Crippen LogP contribution >= 0.6 is 0 Å². The number of para-hydroxylation sites is 1. The monoisotopic (exact) mass is 422 g/mol. The van der Waals surface area contributed by atoms with Crippen molar-refractivity contribution in [2.45, 2.75) is 39.6 Å². The van der Waals surface area contributed by atoms with E-state index in [1.807, 2.05) is 13.8 Å². The Hall–Kier alpha value is -3.23. The molecular formula is C21H21F3N2O4. The van der Waals surface area contributed by atoms with Crippen molar-refractivity contribution in [1.29, 1.82) is 0 Å². The minimum Gasteiger partial charge on any atom is -0.465 e.